The number of aliphatic hydroxyl groups is 1. The van der Waals surface area contributed by atoms with E-state index < -0.39 is 6.10 Å². The van der Waals surface area contributed by atoms with Crippen molar-refractivity contribution in [1.29, 1.82) is 0 Å². The second-order valence-electron chi connectivity index (χ2n) is 4.86. The Bertz CT molecular complexity index is 392. The zero-order valence-electron chi connectivity index (χ0n) is 10.3. The van der Waals surface area contributed by atoms with Crippen molar-refractivity contribution in [2.45, 2.75) is 45.3 Å². The molecular formula is C14H19FO2. The van der Waals surface area contributed by atoms with Gasteiger partial charge in [0.15, 0.2) is 0 Å². The van der Waals surface area contributed by atoms with E-state index >= 15 is 0 Å². The third kappa shape index (κ3) is 2.60. The predicted molar refractivity (Wildman–Crippen MR) is 64.5 cm³/mol. The lowest BCUT2D eigenvalue weighted by atomic mass is 9.90. The van der Waals surface area contributed by atoms with Crippen LogP contribution in [0.15, 0.2) is 18.2 Å². The van der Waals surface area contributed by atoms with Crippen molar-refractivity contribution in [2.75, 3.05) is 0 Å². The Hall–Kier alpha value is -1.09. The minimum absolute atomic E-state index is 0.0146. The van der Waals surface area contributed by atoms with E-state index in [-0.39, 0.29) is 11.9 Å². The van der Waals surface area contributed by atoms with Gasteiger partial charge in [-0.15, -0.1) is 0 Å². The smallest absolute Gasteiger partial charge is 0.128 e. The number of fused-ring (bicyclic) bond motifs is 1. The fraction of sp³-hybridized carbons (Fsp3) is 0.571. The SMILES string of the molecule is CCCC(C)C1CC(O)c2ccc(F)cc2O1. The number of ether oxygens (including phenoxy) is 1. The number of hydrogen-bond donors (Lipinski definition) is 1. The molecule has 0 aromatic heterocycles. The lowest BCUT2D eigenvalue weighted by Gasteiger charge is -2.33. The van der Waals surface area contributed by atoms with Crippen molar-refractivity contribution >= 4 is 0 Å². The minimum atomic E-state index is -0.538. The Balaban J connectivity index is 2.19. The lowest BCUT2D eigenvalue weighted by molar-refractivity contribution is 0.0358. The summed E-state index contributed by atoms with van der Waals surface area (Å²) in [4.78, 5) is 0. The molecule has 0 spiro atoms. The van der Waals surface area contributed by atoms with Gasteiger partial charge in [-0.25, -0.2) is 4.39 Å². The molecular weight excluding hydrogens is 219 g/mol. The second-order valence-corrected chi connectivity index (χ2v) is 4.86. The molecule has 1 aliphatic rings. The molecule has 0 saturated carbocycles. The van der Waals surface area contributed by atoms with E-state index in [0.29, 0.717) is 23.7 Å². The zero-order valence-corrected chi connectivity index (χ0v) is 10.3. The van der Waals surface area contributed by atoms with Crippen LogP contribution in [0.3, 0.4) is 0 Å². The van der Waals surface area contributed by atoms with Gasteiger partial charge < -0.3 is 9.84 Å². The Morgan fingerprint density at radius 3 is 3.00 bits per heavy atom. The summed E-state index contributed by atoms with van der Waals surface area (Å²) >= 11 is 0. The van der Waals surface area contributed by atoms with Gasteiger partial charge >= 0.3 is 0 Å². The molecule has 1 aliphatic heterocycles. The molecule has 0 bridgehead atoms. The van der Waals surface area contributed by atoms with E-state index in [1.165, 1.54) is 12.1 Å². The number of benzene rings is 1. The molecule has 3 atom stereocenters. The van der Waals surface area contributed by atoms with Crippen LogP contribution in [0, 0.1) is 11.7 Å². The van der Waals surface area contributed by atoms with Crippen LogP contribution < -0.4 is 4.74 Å². The molecule has 2 nitrogen and oxygen atoms in total. The summed E-state index contributed by atoms with van der Waals surface area (Å²) in [5, 5.41) is 10.0. The average Bonchev–Trinajstić information content (AvgIpc) is 2.28. The normalized spacial score (nSPS) is 24.9. The highest BCUT2D eigenvalue weighted by Crippen LogP contribution is 2.37. The first-order valence-electron chi connectivity index (χ1n) is 6.26. The van der Waals surface area contributed by atoms with E-state index in [4.69, 9.17) is 4.74 Å². The van der Waals surface area contributed by atoms with Crippen LogP contribution >= 0.6 is 0 Å². The summed E-state index contributed by atoms with van der Waals surface area (Å²) < 4.78 is 18.9. The molecule has 0 saturated heterocycles. The van der Waals surface area contributed by atoms with Gasteiger partial charge in [0.2, 0.25) is 0 Å². The Morgan fingerprint density at radius 1 is 1.53 bits per heavy atom. The maximum atomic E-state index is 13.1. The van der Waals surface area contributed by atoms with Crippen LogP contribution in [0.4, 0.5) is 4.39 Å². The van der Waals surface area contributed by atoms with Gasteiger partial charge in [0.1, 0.15) is 17.7 Å². The molecule has 3 unspecified atom stereocenters. The maximum absolute atomic E-state index is 13.1. The van der Waals surface area contributed by atoms with Gasteiger partial charge in [-0.05, 0) is 24.5 Å². The summed E-state index contributed by atoms with van der Waals surface area (Å²) in [7, 11) is 0. The molecule has 0 aliphatic carbocycles. The lowest BCUT2D eigenvalue weighted by Crippen LogP contribution is -2.31. The van der Waals surface area contributed by atoms with E-state index in [0.717, 1.165) is 12.8 Å². The Kier molecular flexibility index (Phi) is 3.67. The molecule has 94 valence electrons. The van der Waals surface area contributed by atoms with Crippen LogP contribution in [0.5, 0.6) is 5.75 Å². The topological polar surface area (TPSA) is 29.5 Å². The first kappa shape index (κ1) is 12.4. The largest absolute Gasteiger partial charge is 0.490 e. The third-order valence-electron chi connectivity index (χ3n) is 3.45. The first-order valence-corrected chi connectivity index (χ1v) is 6.26. The molecule has 0 amide bonds. The van der Waals surface area contributed by atoms with Crippen molar-refractivity contribution in [3.8, 4) is 5.75 Å². The highest BCUT2D eigenvalue weighted by atomic mass is 19.1. The summed E-state index contributed by atoms with van der Waals surface area (Å²) in [6, 6.07) is 4.33. The highest BCUT2D eigenvalue weighted by molar-refractivity contribution is 5.37. The highest BCUT2D eigenvalue weighted by Gasteiger charge is 2.30. The molecule has 2 rings (SSSR count). The number of hydrogen-bond acceptors (Lipinski definition) is 2. The van der Waals surface area contributed by atoms with Gasteiger partial charge in [-0.2, -0.15) is 0 Å². The molecule has 1 N–H and O–H groups in total. The van der Waals surface area contributed by atoms with E-state index in [1.807, 2.05) is 0 Å². The Morgan fingerprint density at radius 2 is 2.29 bits per heavy atom. The Labute approximate surface area is 101 Å². The van der Waals surface area contributed by atoms with Crippen LogP contribution in [0.1, 0.15) is 44.8 Å². The molecule has 1 aromatic rings. The van der Waals surface area contributed by atoms with E-state index in [9.17, 15) is 9.50 Å². The quantitative estimate of drug-likeness (QED) is 0.874. The van der Waals surface area contributed by atoms with Crippen LogP contribution in [0.25, 0.3) is 0 Å². The van der Waals surface area contributed by atoms with Crippen molar-refractivity contribution in [2.24, 2.45) is 5.92 Å². The monoisotopic (exact) mass is 238 g/mol. The zero-order chi connectivity index (χ0) is 12.4. The summed E-state index contributed by atoms with van der Waals surface area (Å²) in [5.41, 5.74) is 0.700. The minimum Gasteiger partial charge on any atom is -0.490 e. The van der Waals surface area contributed by atoms with Crippen molar-refractivity contribution in [1.82, 2.24) is 0 Å². The molecule has 17 heavy (non-hydrogen) atoms. The number of aliphatic hydroxyl groups excluding tert-OH is 1. The fourth-order valence-corrected chi connectivity index (χ4v) is 2.43. The van der Waals surface area contributed by atoms with Crippen molar-refractivity contribution < 1.29 is 14.2 Å². The third-order valence-corrected chi connectivity index (χ3v) is 3.45. The van der Waals surface area contributed by atoms with Crippen molar-refractivity contribution in [3.63, 3.8) is 0 Å². The first-order chi connectivity index (χ1) is 8.11. The standard InChI is InChI=1S/C14H19FO2/c1-3-4-9(2)13-8-12(16)11-6-5-10(15)7-14(11)17-13/h5-7,9,12-13,16H,3-4,8H2,1-2H3. The van der Waals surface area contributed by atoms with Gasteiger partial charge in [0.05, 0.1) is 6.10 Å². The average molecular weight is 238 g/mol. The van der Waals surface area contributed by atoms with Crippen LogP contribution in [0.2, 0.25) is 0 Å². The van der Waals surface area contributed by atoms with Crippen molar-refractivity contribution in [3.05, 3.63) is 29.6 Å². The van der Waals surface area contributed by atoms with Gasteiger partial charge in [0.25, 0.3) is 0 Å². The number of rotatable bonds is 3. The summed E-state index contributed by atoms with van der Waals surface area (Å²) in [6.07, 6.45) is 2.19. The second kappa shape index (κ2) is 5.05. The molecule has 0 fully saturated rings. The summed E-state index contributed by atoms with van der Waals surface area (Å²) in [6.45, 7) is 4.24. The molecule has 1 aromatic carbocycles. The van der Waals surface area contributed by atoms with E-state index in [1.54, 1.807) is 6.07 Å². The van der Waals surface area contributed by atoms with Gasteiger partial charge in [0, 0.05) is 18.1 Å². The number of halogens is 1. The molecule has 3 heteroatoms. The summed E-state index contributed by atoms with van der Waals surface area (Å²) in [5.74, 6) is 0.558. The predicted octanol–water partition coefficient (Wildman–Crippen LogP) is 3.45. The van der Waals surface area contributed by atoms with Gasteiger partial charge in [-0.1, -0.05) is 20.3 Å². The molecule has 0 radical (unpaired) electrons. The van der Waals surface area contributed by atoms with Crippen LogP contribution in [-0.2, 0) is 0 Å². The van der Waals surface area contributed by atoms with Gasteiger partial charge in [-0.3, -0.25) is 0 Å². The fourth-order valence-electron chi connectivity index (χ4n) is 2.43. The van der Waals surface area contributed by atoms with E-state index in [2.05, 4.69) is 13.8 Å². The van der Waals surface area contributed by atoms with Crippen LogP contribution in [-0.4, -0.2) is 11.2 Å². The molecule has 1 heterocycles. The maximum Gasteiger partial charge on any atom is 0.128 e.